The number of rotatable bonds is 6. The molecule has 0 bridgehead atoms. The number of nitrogens with zero attached hydrogens (tertiary/aromatic N) is 1. The third kappa shape index (κ3) is 3.89. The van der Waals surface area contributed by atoms with Crippen molar-refractivity contribution in [1.82, 2.24) is 10.2 Å². The molecule has 1 aliphatic rings. The van der Waals surface area contributed by atoms with Gasteiger partial charge in [-0.2, -0.15) is 0 Å². The number of benzene rings is 2. The van der Waals surface area contributed by atoms with Crippen LogP contribution in [0.2, 0.25) is 5.02 Å². The maximum absolute atomic E-state index is 12.8. The van der Waals surface area contributed by atoms with Gasteiger partial charge in [-0.1, -0.05) is 23.7 Å². The summed E-state index contributed by atoms with van der Waals surface area (Å²) in [6, 6.07) is 9.78. The van der Waals surface area contributed by atoms with E-state index in [1.807, 2.05) is 0 Å². The van der Waals surface area contributed by atoms with E-state index in [0.717, 1.165) is 10.5 Å². The van der Waals surface area contributed by atoms with Gasteiger partial charge in [0.2, 0.25) is 0 Å². The molecule has 3 amide bonds. The molecule has 0 atom stereocenters. The van der Waals surface area contributed by atoms with Gasteiger partial charge in [-0.25, -0.2) is 4.79 Å². The molecule has 2 aromatic rings. The van der Waals surface area contributed by atoms with Crippen LogP contribution in [0.4, 0.5) is 4.79 Å². The molecule has 0 aromatic heterocycles. The number of amides is 3. The lowest BCUT2D eigenvalue weighted by molar-refractivity contribution is -0.123. The van der Waals surface area contributed by atoms with Gasteiger partial charge in [0.25, 0.3) is 5.91 Å². The zero-order valence-corrected chi connectivity index (χ0v) is 16.4. The van der Waals surface area contributed by atoms with Crippen LogP contribution in [0.5, 0.6) is 17.2 Å². The van der Waals surface area contributed by atoms with Gasteiger partial charge in [0.05, 0.1) is 33.4 Å². The van der Waals surface area contributed by atoms with Crippen molar-refractivity contribution < 1.29 is 23.8 Å². The fraction of sp³-hybridized carbons (Fsp3) is 0.200. The average molecular weight is 403 g/mol. The Morgan fingerprint density at radius 3 is 2.14 bits per heavy atom. The summed E-state index contributed by atoms with van der Waals surface area (Å²) in [7, 11) is 4.53. The van der Waals surface area contributed by atoms with Gasteiger partial charge in [-0.3, -0.25) is 9.69 Å². The molecule has 1 aliphatic heterocycles. The van der Waals surface area contributed by atoms with Crippen molar-refractivity contribution in [3.05, 3.63) is 58.2 Å². The summed E-state index contributed by atoms with van der Waals surface area (Å²) in [4.78, 5) is 26.2. The van der Waals surface area contributed by atoms with E-state index in [9.17, 15) is 9.59 Å². The Morgan fingerprint density at radius 2 is 1.61 bits per heavy atom. The Balaban J connectivity index is 1.92. The van der Waals surface area contributed by atoms with Crippen LogP contribution in [0, 0.1) is 0 Å². The number of nitrogens with one attached hydrogen (secondary N) is 1. The predicted molar refractivity (Wildman–Crippen MR) is 105 cm³/mol. The van der Waals surface area contributed by atoms with Gasteiger partial charge in [0, 0.05) is 17.2 Å². The lowest BCUT2D eigenvalue weighted by Gasteiger charge is -2.13. The van der Waals surface area contributed by atoms with Crippen LogP contribution >= 0.6 is 11.6 Å². The summed E-state index contributed by atoms with van der Waals surface area (Å²) in [5.74, 6) is 0.991. The molecule has 1 N–H and O–H groups in total. The van der Waals surface area contributed by atoms with E-state index in [1.165, 1.54) is 27.4 Å². The molecule has 0 aliphatic carbocycles. The summed E-state index contributed by atoms with van der Waals surface area (Å²) in [6.07, 6.45) is 1.53. The number of carbonyl (C=O) groups is 2. The van der Waals surface area contributed by atoms with Crippen molar-refractivity contribution in [3.8, 4) is 17.2 Å². The number of hydrogen-bond donors (Lipinski definition) is 1. The van der Waals surface area contributed by atoms with Gasteiger partial charge < -0.3 is 19.5 Å². The summed E-state index contributed by atoms with van der Waals surface area (Å²) in [5.41, 5.74) is 1.43. The number of ether oxygens (including phenoxy) is 3. The first-order valence-corrected chi connectivity index (χ1v) is 8.73. The smallest absolute Gasteiger partial charge is 0.329 e. The van der Waals surface area contributed by atoms with Gasteiger partial charge in [-0.05, 0) is 23.8 Å². The van der Waals surface area contributed by atoms with Crippen LogP contribution < -0.4 is 19.5 Å². The summed E-state index contributed by atoms with van der Waals surface area (Å²) < 4.78 is 16.0. The number of carbonyl (C=O) groups excluding carboxylic acids is 2. The highest BCUT2D eigenvalue weighted by atomic mass is 35.5. The molecule has 1 fully saturated rings. The molecule has 0 unspecified atom stereocenters. The van der Waals surface area contributed by atoms with E-state index < -0.39 is 11.9 Å². The molecule has 28 heavy (non-hydrogen) atoms. The minimum Gasteiger partial charge on any atom is -0.496 e. The highest BCUT2D eigenvalue weighted by Gasteiger charge is 2.34. The highest BCUT2D eigenvalue weighted by molar-refractivity contribution is 6.30. The van der Waals surface area contributed by atoms with Crippen molar-refractivity contribution in [1.29, 1.82) is 0 Å². The maximum Gasteiger partial charge on any atom is 0.329 e. The van der Waals surface area contributed by atoms with Crippen molar-refractivity contribution >= 4 is 29.6 Å². The minimum absolute atomic E-state index is 0.126. The van der Waals surface area contributed by atoms with E-state index in [4.69, 9.17) is 25.8 Å². The number of imide groups is 1. The normalized spacial score (nSPS) is 15.0. The lowest BCUT2D eigenvalue weighted by Crippen LogP contribution is -2.30. The van der Waals surface area contributed by atoms with E-state index in [2.05, 4.69) is 5.32 Å². The summed E-state index contributed by atoms with van der Waals surface area (Å²) in [5, 5.41) is 3.18. The van der Waals surface area contributed by atoms with Crippen molar-refractivity contribution in [2.75, 3.05) is 21.3 Å². The van der Waals surface area contributed by atoms with Crippen LogP contribution in [-0.2, 0) is 11.3 Å². The quantitative estimate of drug-likeness (QED) is 0.591. The van der Waals surface area contributed by atoms with E-state index >= 15 is 0 Å². The second kappa shape index (κ2) is 8.22. The van der Waals surface area contributed by atoms with E-state index in [0.29, 0.717) is 27.8 Å². The number of hydrogen-bond acceptors (Lipinski definition) is 5. The Bertz CT molecular complexity index is 915. The Hall–Kier alpha value is -3.19. The standard InChI is InChI=1S/C20H19ClN2O5/c1-26-14-8-17(27-2)15(18(9-14)28-3)10-16-19(24)23(20(25)22-16)11-12-4-6-13(21)7-5-12/h4-10H,11H2,1-3H3,(H,22,25)/b16-10-. The summed E-state index contributed by atoms with van der Waals surface area (Å²) >= 11 is 5.88. The Labute approximate surface area is 167 Å². The lowest BCUT2D eigenvalue weighted by atomic mass is 10.1. The highest BCUT2D eigenvalue weighted by Crippen LogP contribution is 2.36. The van der Waals surface area contributed by atoms with Crippen molar-refractivity contribution in [2.45, 2.75) is 6.54 Å². The minimum atomic E-state index is -0.502. The largest absolute Gasteiger partial charge is 0.496 e. The zero-order valence-electron chi connectivity index (χ0n) is 15.6. The second-order valence-electron chi connectivity index (χ2n) is 5.95. The van der Waals surface area contributed by atoms with Crippen LogP contribution in [0.1, 0.15) is 11.1 Å². The molecule has 0 spiro atoms. The first kappa shape index (κ1) is 19.6. The van der Waals surface area contributed by atoms with Crippen LogP contribution in [0.3, 0.4) is 0 Å². The fourth-order valence-electron chi connectivity index (χ4n) is 2.81. The molecule has 7 nitrogen and oxygen atoms in total. The Kier molecular flexibility index (Phi) is 5.75. The number of halogens is 1. The molecule has 1 heterocycles. The van der Waals surface area contributed by atoms with Crippen LogP contribution in [0.15, 0.2) is 42.1 Å². The predicted octanol–water partition coefficient (Wildman–Crippen LogP) is 3.46. The van der Waals surface area contributed by atoms with Crippen molar-refractivity contribution in [3.63, 3.8) is 0 Å². The topological polar surface area (TPSA) is 77.1 Å². The van der Waals surface area contributed by atoms with Crippen LogP contribution in [0.25, 0.3) is 6.08 Å². The second-order valence-corrected chi connectivity index (χ2v) is 6.39. The first-order chi connectivity index (χ1) is 13.5. The van der Waals surface area contributed by atoms with Crippen LogP contribution in [-0.4, -0.2) is 38.2 Å². The molecule has 0 saturated carbocycles. The molecule has 3 rings (SSSR count). The molecular formula is C20H19ClN2O5. The van der Waals surface area contributed by atoms with Gasteiger partial charge in [-0.15, -0.1) is 0 Å². The molecule has 1 saturated heterocycles. The number of urea groups is 1. The third-order valence-corrected chi connectivity index (χ3v) is 4.51. The third-order valence-electron chi connectivity index (χ3n) is 4.26. The number of methoxy groups -OCH3 is 3. The molecule has 2 aromatic carbocycles. The first-order valence-electron chi connectivity index (χ1n) is 8.35. The molecule has 146 valence electrons. The fourth-order valence-corrected chi connectivity index (χ4v) is 2.93. The molecular weight excluding hydrogens is 384 g/mol. The maximum atomic E-state index is 12.8. The monoisotopic (exact) mass is 402 g/mol. The molecule has 0 radical (unpaired) electrons. The Morgan fingerprint density at radius 1 is 1.00 bits per heavy atom. The van der Waals surface area contributed by atoms with E-state index in [-0.39, 0.29) is 12.2 Å². The zero-order chi connectivity index (χ0) is 20.3. The molecule has 8 heteroatoms. The average Bonchev–Trinajstić information content (AvgIpc) is 2.97. The van der Waals surface area contributed by atoms with Gasteiger partial charge >= 0.3 is 6.03 Å². The van der Waals surface area contributed by atoms with Gasteiger partial charge in [0.15, 0.2) is 0 Å². The van der Waals surface area contributed by atoms with E-state index in [1.54, 1.807) is 36.4 Å². The summed E-state index contributed by atoms with van der Waals surface area (Å²) in [6.45, 7) is 0.135. The van der Waals surface area contributed by atoms with Crippen molar-refractivity contribution in [2.24, 2.45) is 0 Å². The SMILES string of the molecule is COc1cc(OC)c(/C=C2\NC(=O)N(Cc3ccc(Cl)cc3)C2=O)c(OC)c1. The van der Waals surface area contributed by atoms with Gasteiger partial charge in [0.1, 0.15) is 22.9 Å².